The van der Waals surface area contributed by atoms with Crippen LogP contribution < -0.4 is 5.48 Å². The van der Waals surface area contributed by atoms with Crippen LogP contribution >= 0.6 is 0 Å². The predicted octanol–water partition coefficient (Wildman–Crippen LogP) is 0.101. The second-order valence-electron chi connectivity index (χ2n) is 5.22. The number of Topliss-reactive ketones (excluding diaryl/α,β-unsaturated/α-hetero) is 1. The number of likely N-dealkylation sites (tertiary alicyclic amines) is 1. The SMILES string of the molecule is C#CONC([C@H]1[CH-]C[C@H](C(C)=O)N1C)C(C)(C)O.[Y]. The number of rotatable bonds is 5. The van der Waals surface area contributed by atoms with E-state index in [1.54, 1.807) is 20.8 Å². The predicted molar refractivity (Wildman–Crippen MR) is 68.1 cm³/mol. The number of nitrogens with zero attached hydrogens (tertiary/aromatic N) is 1. The number of hydroxylamine groups is 1. The number of carbonyl (C=O) groups excluding carboxylic acids is 1. The molecular weight excluding hydrogens is 321 g/mol. The summed E-state index contributed by atoms with van der Waals surface area (Å²) in [5.41, 5.74) is 1.64. The van der Waals surface area contributed by atoms with Crippen molar-refractivity contribution < 1.29 is 47.4 Å². The van der Waals surface area contributed by atoms with Gasteiger partial charge in [0, 0.05) is 38.8 Å². The molecule has 1 aliphatic rings. The van der Waals surface area contributed by atoms with E-state index in [9.17, 15) is 9.90 Å². The van der Waals surface area contributed by atoms with E-state index in [1.807, 2.05) is 24.5 Å². The monoisotopic (exact) mass is 342 g/mol. The van der Waals surface area contributed by atoms with E-state index in [0.717, 1.165) is 0 Å². The normalized spacial score (nSPS) is 25.3. The van der Waals surface area contributed by atoms with E-state index >= 15 is 0 Å². The molecule has 1 heterocycles. The molecule has 1 unspecified atom stereocenters. The van der Waals surface area contributed by atoms with Crippen molar-refractivity contribution in [1.29, 1.82) is 0 Å². The van der Waals surface area contributed by atoms with E-state index in [1.165, 1.54) is 0 Å². The minimum atomic E-state index is -1.03. The van der Waals surface area contributed by atoms with Gasteiger partial charge in [0.05, 0.1) is 11.6 Å². The van der Waals surface area contributed by atoms with Gasteiger partial charge in [0.1, 0.15) is 11.9 Å². The maximum atomic E-state index is 11.5. The van der Waals surface area contributed by atoms with Crippen molar-refractivity contribution in [3.8, 4) is 12.5 Å². The molecule has 0 aliphatic carbocycles. The Kier molecular flexibility index (Phi) is 7.71. The quantitative estimate of drug-likeness (QED) is 0.422. The third-order valence-electron chi connectivity index (χ3n) is 3.38. The number of aliphatic hydroxyl groups is 1. The first kappa shape index (κ1) is 19.0. The third kappa shape index (κ3) is 4.80. The molecule has 1 aliphatic heterocycles. The summed E-state index contributed by atoms with van der Waals surface area (Å²) >= 11 is 0. The van der Waals surface area contributed by atoms with Gasteiger partial charge in [-0.3, -0.25) is 4.79 Å². The fraction of sp³-hybridized carbons (Fsp3) is 0.692. The van der Waals surface area contributed by atoms with Gasteiger partial charge in [-0.1, -0.05) is 12.5 Å². The van der Waals surface area contributed by atoms with Crippen LogP contribution in [-0.4, -0.2) is 46.6 Å². The number of carbonyl (C=O) groups is 1. The van der Waals surface area contributed by atoms with Gasteiger partial charge < -0.3 is 21.3 Å². The number of likely N-dealkylation sites (N-methyl/N-ethyl adjacent to an activating group) is 1. The molecule has 0 spiro atoms. The zero-order valence-corrected chi connectivity index (χ0v) is 14.7. The van der Waals surface area contributed by atoms with Crippen LogP contribution in [0.5, 0.6) is 0 Å². The van der Waals surface area contributed by atoms with Crippen LogP contribution in [0, 0.1) is 19.0 Å². The van der Waals surface area contributed by atoms with Crippen molar-refractivity contribution in [3.63, 3.8) is 0 Å². The second-order valence-corrected chi connectivity index (χ2v) is 5.22. The van der Waals surface area contributed by atoms with E-state index in [2.05, 4.69) is 5.48 Å². The average Bonchev–Trinajstić information content (AvgIpc) is 2.59. The van der Waals surface area contributed by atoms with Crippen LogP contribution in [-0.2, 0) is 42.3 Å². The Labute approximate surface area is 140 Å². The minimum absolute atomic E-state index is 0. The van der Waals surface area contributed by atoms with Crippen molar-refractivity contribution in [2.75, 3.05) is 7.05 Å². The van der Waals surface area contributed by atoms with Crippen molar-refractivity contribution in [3.05, 3.63) is 6.42 Å². The van der Waals surface area contributed by atoms with Gasteiger partial charge >= 0.3 is 0 Å². The maximum absolute atomic E-state index is 11.5. The van der Waals surface area contributed by atoms with Crippen molar-refractivity contribution in [1.82, 2.24) is 10.4 Å². The Balaban J connectivity index is 0.00000324. The molecule has 2 N–H and O–H groups in total. The van der Waals surface area contributed by atoms with E-state index in [4.69, 9.17) is 11.3 Å². The van der Waals surface area contributed by atoms with Gasteiger partial charge in [-0.15, -0.1) is 5.48 Å². The summed E-state index contributed by atoms with van der Waals surface area (Å²) < 4.78 is 0. The zero-order valence-electron chi connectivity index (χ0n) is 11.9. The van der Waals surface area contributed by atoms with E-state index in [-0.39, 0.29) is 50.6 Å². The van der Waals surface area contributed by atoms with Crippen molar-refractivity contribution in [2.24, 2.45) is 0 Å². The molecule has 5 nitrogen and oxygen atoms in total. The Morgan fingerprint density at radius 2 is 2.26 bits per heavy atom. The van der Waals surface area contributed by atoms with Crippen LogP contribution in [0.3, 0.4) is 0 Å². The van der Waals surface area contributed by atoms with Crippen molar-refractivity contribution in [2.45, 2.75) is 50.9 Å². The Bertz CT molecular complexity index is 349. The molecule has 0 aromatic heterocycles. The molecule has 0 aromatic carbocycles. The fourth-order valence-corrected chi connectivity index (χ4v) is 2.36. The van der Waals surface area contributed by atoms with Crippen LogP contribution in [0.2, 0.25) is 0 Å². The molecule has 19 heavy (non-hydrogen) atoms. The Morgan fingerprint density at radius 3 is 2.63 bits per heavy atom. The number of nitrogens with one attached hydrogen (secondary N) is 1. The van der Waals surface area contributed by atoms with Crippen LogP contribution in [0.4, 0.5) is 0 Å². The molecule has 3 atom stereocenters. The van der Waals surface area contributed by atoms with E-state index < -0.39 is 11.6 Å². The number of hydrogen-bond donors (Lipinski definition) is 2. The minimum Gasteiger partial charge on any atom is -0.389 e. The summed E-state index contributed by atoms with van der Waals surface area (Å²) in [6, 6.07) is -0.678. The third-order valence-corrected chi connectivity index (χ3v) is 3.38. The average molecular weight is 342 g/mol. The molecule has 0 bridgehead atoms. The first-order valence-corrected chi connectivity index (χ1v) is 5.94. The topological polar surface area (TPSA) is 61.8 Å². The molecule has 0 amide bonds. The zero-order chi connectivity index (χ0) is 13.9. The Morgan fingerprint density at radius 1 is 1.68 bits per heavy atom. The molecule has 0 saturated carbocycles. The van der Waals surface area contributed by atoms with Crippen molar-refractivity contribution >= 4 is 5.78 Å². The van der Waals surface area contributed by atoms with Crippen LogP contribution in [0.15, 0.2) is 0 Å². The summed E-state index contributed by atoms with van der Waals surface area (Å²) in [6.45, 7) is 4.92. The second kappa shape index (κ2) is 7.71. The van der Waals surface area contributed by atoms with Gasteiger partial charge in [0.2, 0.25) is 0 Å². The van der Waals surface area contributed by atoms with Crippen LogP contribution in [0.25, 0.3) is 0 Å². The molecule has 105 valence electrons. The first-order valence-electron chi connectivity index (χ1n) is 5.94. The molecular formula is C13H21N2O3Y-. The van der Waals surface area contributed by atoms with E-state index in [0.29, 0.717) is 6.42 Å². The smallest absolute Gasteiger partial charge is 0.144 e. The summed E-state index contributed by atoms with van der Waals surface area (Å²) in [7, 11) is 1.86. The molecule has 1 radical (unpaired) electrons. The standard InChI is InChI=1S/C13H21N2O3.Y/c1-6-18-14-12(13(3,4)17)11-8-7-10(9(2)16)15(11)5;/h1,8,10-12,14,17H,7H2,2-5H3;/q-1;/t10-,11-,12?;/m1./s1. The molecule has 1 saturated heterocycles. The number of terminal acetylenes is 1. The van der Waals surface area contributed by atoms with Gasteiger partial charge in [-0.25, -0.2) is 0 Å². The fourth-order valence-electron chi connectivity index (χ4n) is 2.36. The summed E-state index contributed by atoms with van der Waals surface area (Å²) in [5.74, 6) is 0.114. The van der Waals surface area contributed by atoms with Gasteiger partial charge in [-0.05, 0) is 27.8 Å². The summed E-state index contributed by atoms with van der Waals surface area (Å²) in [6.07, 6.45) is 9.72. The molecule has 1 fully saturated rings. The van der Waals surface area contributed by atoms with Gasteiger partial charge in [0.15, 0.2) is 0 Å². The largest absolute Gasteiger partial charge is 0.389 e. The summed E-state index contributed by atoms with van der Waals surface area (Å²) in [5, 5.41) is 10.2. The first-order chi connectivity index (χ1) is 8.29. The molecule has 1 rings (SSSR count). The summed E-state index contributed by atoms with van der Waals surface area (Å²) in [4.78, 5) is 18.2. The van der Waals surface area contributed by atoms with Crippen LogP contribution in [0.1, 0.15) is 27.2 Å². The number of ketones is 1. The molecule has 0 aromatic rings. The number of hydrogen-bond acceptors (Lipinski definition) is 5. The Hall–Kier alpha value is 0.0139. The van der Waals surface area contributed by atoms with Gasteiger partial charge in [-0.2, -0.15) is 6.42 Å². The maximum Gasteiger partial charge on any atom is 0.144 e. The molecule has 6 heteroatoms. The van der Waals surface area contributed by atoms with Gasteiger partial charge in [0.25, 0.3) is 0 Å².